The van der Waals surface area contributed by atoms with Gasteiger partial charge in [-0.3, -0.25) is 4.79 Å². The summed E-state index contributed by atoms with van der Waals surface area (Å²) < 4.78 is 0. The number of hydrogen-bond donors (Lipinski definition) is 1. The number of nitrogens with zero attached hydrogens (tertiary/aromatic N) is 2. The minimum atomic E-state index is -0.0700. The molecule has 0 aliphatic carbocycles. The van der Waals surface area contributed by atoms with Crippen molar-refractivity contribution in [2.45, 2.75) is 39.3 Å². The monoisotopic (exact) mass is 385 g/mol. The molecule has 1 N–H and O–H groups in total. The normalized spacial score (nSPS) is 14.0. The highest BCUT2D eigenvalue weighted by Gasteiger charge is 2.18. The second kappa shape index (κ2) is 9.55. The molecule has 0 radical (unpaired) electrons. The van der Waals surface area contributed by atoms with Gasteiger partial charge in [0.15, 0.2) is 0 Å². The zero-order chi connectivity index (χ0) is 19.1. The summed E-state index contributed by atoms with van der Waals surface area (Å²) >= 11 is 1.66. The molecule has 1 aromatic heterocycles. The maximum atomic E-state index is 12.5. The number of thiophene rings is 1. The summed E-state index contributed by atoms with van der Waals surface area (Å²) in [5.74, 6) is 0.110. The van der Waals surface area contributed by atoms with E-state index in [1.807, 2.05) is 53.6 Å². The van der Waals surface area contributed by atoms with E-state index in [1.54, 1.807) is 16.2 Å². The van der Waals surface area contributed by atoms with Gasteiger partial charge in [0.1, 0.15) is 0 Å². The lowest BCUT2D eigenvalue weighted by molar-refractivity contribution is 0.0724. The van der Waals surface area contributed by atoms with Crippen LogP contribution in [0.25, 0.3) is 0 Å². The van der Waals surface area contributed by atoms with Crippen LogP contribution in [-0.2, 0) is 13.1 Å². The van der Waals surface area contributed by atoms with Gasteiger partial charge >= 0.3 is 6.03 Å². The number of nitrogens with one attached hydrogen (secondary N) is 1. The number of carbonyl (C=O) groups excluding carboxylic acids is 2. The van der Waals surface area contributed by atoms with Crippen LogP contribution in [0.4, 0.5) is 4.79 Å². The second-order valence-electron chi connectivity index (χ2n) is 6.80. The maximum Gasteiger partial charge on any atom is 0.317 e. The fourth-order valence-corrected chi connectivity index (χ4v) is 3.97. The van der Waals surface area contributed by atoms with Crippen LogP contribution in [0.1, 0.15) is 47.0 Å². The molecule has 0 saturated carbocycles. The van der Waals surface area contributed by atoms with Crippen molar-refractivity contribution in [3.8, 4) is 0 Å². The van der Waals surface area contributed by atoms with E-state index in [9.17, 15) is 9.59 Å². The topological polar surface area (TPSA) is 52.7 Å². The Morgan fingerprint density at radius 3 is 2.48 bits per heavy atom. The molecule has 1 saturated heterocycles. The summed E-state index contributed by atoms with van der Waals surface area (Å²) in [6.45, 7) is 5.43. The van der Waals surface area contributed by atoms with Crippen LogP contribution in [0.3, 0.4) is 0 Å². The fraction of sp³-hybridized carbons (Fsp3) is 0.429. The molecular formula is C21H27N3O2S. The highest BCUT2D eigenvalue weighted by Crippen LogP contribution is 2.14. The van der Waals surface area contributed by atoms with Crippen molar-refractivity contribution in [2.24, 2.45) is 0 Å². The third kappa shape index (κ3) is 5.32. The SMILES string of the molecule is CCN(Cc1cccs1)C(=O)NCc1ccc(C(=O)N2CCCCC2)cc1. The summed E-state index contributed by atoms with van der Waals surface area (Å²) in [4.78, 5) is 29.8. The molecule has 27 heavy (non-hydrogen) atoms. The zero-order valence-corrected chi connectivity index (χ0v) is 16.6. The van der Waals surface area contributed by atoms with Crippen LogP contribution in [0.2, 0.25) is 0 Å². The van der Waals surface area contributed by atoms with Crippen molar-refractivity contribution in [1.82, 2.24) is 15.1 Å². The summed E-state index contributed by atoms with van der Waals surface area (Å²) in [6.07, 6.45) is 3.40. The molecular weight excluding hydrogens is 358 g/mol. The largest absolute Gasteiger partial charge is 0.339 e. The van der Waals surface area contributed by atoms with Crippen molar-refractivity contribution < 1.29 is 9.59 Å². The number of amides is 3. The van der Waals surface area contributed by atoms with Crippen LogP contribution in [0.15, 0.2) is 41.8 Å². The van der Waals surface area contributed by atoms with Crippen LogP contribution >= 0.6 is 11.3 Å². The van der Waals surface area contributed by atoms with Gasteiger partial charge in [-0.1, -0.05) is 18.2 Å². The maximum absolute atomic E-state index is 12.5. The van der Waals surface area contributed by atoms with Crippen molar-refractivity contribution in [3.05, 3.63) is 57.8 Å². The third-order valence-corrected chi connectivity index (χ3v) is 5.74. The van der Waals surface area contributed by atoms with Gasteiger partial charge in [0, 0.05) is 36.6 Å². The second-order valence-corrected chi connectivity index (χ2v) is 7.83. The first-order valence-electron chi connectivity index (χ1n) is 9.60. The van der Waals surface area contributed by atoms with E-state index in [1.165, 1.54) is 11.3 Å². The van der Waals surface area contributed by atoms with Gasteiger partial charge in [0.2, 0.25) is 0 Å². The summed E-state index contributed by atoms with van der Waals surface area (Å²) in [5.41, 5.74) is 1.71. The van der Waals surface area contributed by atoms with Crippen molar-refractivity contribution in [3.63, 3.8) is 0 Å². The summed E-state index contributed by atoms with van der Waals surface area (Å²) in [7, 11) is 0. The summed E-state index contributed by atoms with van der Waals surface area (Å²) in [6, 6.07) is 11.5. The minimum Gasteiger partial charge on any atom is -0.339 e. The molecule has 0 bridgehead atoms. The van der Waals surface area contributed by atoms with Gasteiger partial charge in [-0.05, 0) is 55.3 Å². The molecule has 1 fully saturated rings. The average molecular weight is 386 g/mol. The van der Waals surface area contributed by atoms with Gasteiger partial charge in [0.05, 0.1) is 6.54 Å². The molecule has 2 aromatic rings. The zero-order valence-electron chi connectivity index (χ0n) is 15.8. The summed E-state index contributed by atoms with van der Waals surface area (Å²) in [5, 5.41) is 4.99. The highest BCUT2D eigenvalue weighted by atomic mass is 32.1. The van der Waals surface area contributed by atoms with Gasteiger partial charge in [-0.25, -0.2) is 4.79 Å². The van der Waals surface area contributed by atoms with Crippen molar-refractivity contribution in [1.29, 1.82) is 0 Å². The van der Waals surface area contributed by atoms with E-state index in [2.05, 4.69) is 5.32 Å². The molecule has 0 atom stereocenters. The number of urea groups is 1. The number of carbonyl (C=O) groups is 2. The predicted octanol–water partition coefficient (Wildman–Crippen LogP) is 4.11. The molecule has 3 amide bonds. The Morgan fingerprint density at radius 1 is 1.11 bits per heavy atom. The molecule has 1 aromatic carbocycles. The molecule has 3 rings (SSSR count). The van der Waals surface area contributed by atoms with E-state index >= 15 is 0 Å². The van der Waals surface area contributed by atoms with Gasteiger partial charge in [0.25, 0.3) is 5.91 Å². The van der Waals surface area contributed by atoms with Crippen LogP contribution in [0.5, 0.6) is 0 Å². The van der Waals surface area contributed by atoms with Gasteiger partial charge in [-0.2, -0.15) is 0 Å². The Balaban J connectivity index is 1.51. The minimum absolute atomic E-state index is 0.0700. The Morgan fingerprint density at radius 2 is 1.85 bits per heavy atom. The lowest BCUT2D eigenvalue weighted by Crippen LogP contribution is -2.38. The van der Waals surface area contributed by atoms with E-state index in [-0.39, 0.29) is 11.9 Å². The standard InChI is InChI=1S/C21H27N3O2S/c1-2-23(16-19-7-6-14-27-19)21(26)22-15-17-8-10-18(11-9-17)20(25)24-12-4-3-5-13-24/h6-11,14H,2-5,12-13,15-16H2,1H3,(H,22,26). The number of piperidine rings is 1. The Hall–Kier alpha value is -2.34. The third-order valence-electron chi connectivity index (χ3n) is 4.88. The van der Waals surface area contributed by atoms with Crippen LogP contribution in [0, 0.1) is 0 Å². The van der Waals surface area contributed by atoms with Crippen LogP contribution < -0.4 is 5.32 Å². The van der Waals surface area contributed by atoms with Crippen molar-refractivity contribution in [2.75, 3.05) is 19.6 Å². The van der Waals surface area contributed by atoms with E-state index < -0.39 is 0 Å². The van der Waals surface area contributed by atoms with E-state index in [0.29, 0.717) is 19.6 Å². The first kappa shape index (κ1) is 19.4. The molecule has 0 spiro atoms. The molecule has 2 heterocycles. The Kier molecular flexibility index (Phi) is 6.87. The lowest BCUT2D eigenvalue weighted by Gasteiger charge is -2.26. The van der Waals surface area contributed by atoms with Gasteiger partial charge in [-0.15, -0.1) is 11.3 Å². The first-order valence-corrected chi connectivity index (χ1v) is 10.5. The van der Waals surface area contributed by atoms with E-state index in [0.717, 1.165) is 37.1 Å². The quantitative estimate of drug-likeness (QED) is 0.814. The molecule has 1 aliphatic rings. The molecule has 6 heteroatoms. The number of benzene rings is 1. The molecule has 144 valence electrons. The van der Waals surface area contributed by atoms with Gasteiger partial charge < -0.3 is 15.1 Å². The predicted molar refractivity (Wildman–Crippen MR) is 109 cm³/mol. The fourth-order valence-electron chi connectivity index (χ4n) is 3.25. The number of rotatable bonds is 6. The van der Waals surface area contributed by atoms with Crippen molar-refractivity contribution >= 4 is 23.3 Å². The molecule has 0 unspecified atom stereocenters. The van der Waals surface area contributed by atoms with Crippen LogP contribution in [-0.4, -0.2) is 41.4 Å². The number of hydrogen-bond acceptors (Lipinski definition) is 3. The first-order chi connectivity index (χ1) is 13.2. The lowest BCUT2D eigenvalue weighted by atomic mass is 10.1. The molecule has 5 nitrogen and oxygen atoms in total. The molecule has 1 aliphatic heterocycles. The number of likely N-dealkylation sites (tertiary alicyclic amines) is 1. The average Bonchev–Trinajstić information content (AvgIpc) is 3.24. The highest BCUT2D eigenvalue weighted by molar-refractivity contribution is 7.09. The smallest absolute Gasteiger partial charge is 0.317 e. The Bertz CT molecular complexity index is 737. The Labute approximate surface area is 165 Å². The van der Waals surface area contributed by atoms with E-state index in [4.69, 9.17) is 0 Å².